The third kappa shape index (κ3) is 6.28. The van der Waals surface area contributed by atoms with Crippen molar-refractivity contribution in [2.75, 3.05) is 13.2 Å². The molecule has 1 rings (SSSR count). The number of esters is 1. The highest BCUT2D eigenvalue weighted by Crippen LogP contribution is 2.05. The summed E-state index contributed by atoms with van der Waals surface area (Å²) >= 11 is 0. The zero-order valence-corrected chi connectivity index (χ0v) is 13.4. The van der Waals surface area contributed by atoms with E-state index in [1.807, 2.05) is 25.1 Å². The summed E-state index contributed by atoms with van der Waals surface area (Å²) in [7, 11) is 0. The minimum Gasteiger partial charge on any atom is -0.457 e. The normalized spacial score (nSPS) is 11.1. The number of allylic oxidation sites excluding steroid dienone is 1. The van der Waals surface area contributed by atoms with E-state index in [1.54, 1.807) is 31.2 Å². The molecule has 0 heterocycles. The van der Waals surface area contributed by atoms with Crippen LogP contribution in [0, 0.1) is 0 Å². The van der Waals surface area contributed by atoms with Gasteiger partial charge in [-0.05, 0) is 13.3 Å². The Morgan fingerprint density at radius 2 is 2.00 bits per heavy atom. The second kappa shape index (κ2) is 10.9. The van der Waals surface area contributed by atoms with E-state index in [-0.39, 0.29) is 18.0 Å². The van der Waals surface area contributed by atoms with E-state index in [0.29, 0.717) is 18.6 Å². The molecule has 1 aromatic rings. The largest absolute Gasteiger partial charge is 0.457 e. The van der Waals surface area contributed by atoms with Crippen molar-refractivity contribution < 1.29 is 19.2 Å². The summed E-state index contributed by atoms with van der Waals surface area (Å²) in [5.74, 6) is -0.757. The fourth-order valence-electron chi connectivity index (χ4n) is 1.73. The third-order valence-corrected chi connectivity index (χ3v) is 2.77. The Morgan fingerprint density at radius 3 is 2.61 bits per heavy atom. The number of benzene rings is 1. The van der Waals surface area contributed by atoms with Crippen LogP contribution in [0.4, 0.5) is 0 Å². The first kappa shape index (κ1) is 18.3. The van der Waals surface area contributed by atoms with Gasteiger partial charge in [0.05, 0.1) is 6.61 Å². The summed E-state index contributed by atoms with van der Waals surface area (Å²) in [6.07, 6.45) is 5.68. The van der Waals surface area contributed by atoms with Crippen molar-refractivity contribution in [3.05, 3.63) is 53.6 Å². The van der Waals surface area contributed by atoms with Gasteiger partial charge in [0, 0.05) is 12.0 Å². The average molecular weight is 315 g/mol. The molecule has 0 amide bonds. The van der Waals surface area contributed by atoms with Crippen LogP contribution in [-0.4, -0.2) is 35.4 Å². The molecule has 0 unspecified atom stereocenters. The molecule has 0 aliphatic heterocycles. The Bertz CT molecular complexity index is 603. The maximum absolute atomic E-state index is 11.9. The molecule has 1 aromatic carbocycles. The quantitative estimate of drug-likeness (QED) is 0.133. The number of oxime groups is 1. The van der Waals surface area contributed by atoms with E-state index in [0.717, 1.165) is 6.42 Å². The van der Waals surface area contributed by atoms with Crippen molar-refractivity contribution >= 4 is 17.4 Å². The lowest BCUT2D eigenvalue weighted by atomic mass is 10.1. The lowest BCUT2D eigenvalue weighted by Gasteiger charge is -2.03. The summed E-state index contributed by atoms with van der Waals surface area (Å²) in [5, 5.41) is 3.96. The van der Waals surface area contributed by atoms with Crippen LogP contribution in [0.1, 0.15) is 32.3 Å². The number of rotatable bonds is 9. The Kier molecular flexibility index (Phi) is 8.71. The van der Waals surface area contributed by atoms with Crippen LogP contribution in [0.15, 0.2) is 47.6 Å². The molecule has 0 spiro atoms. The monoisotopic (exact) mass is 315 g/mol. The molecule has 0 fully saturated rings. The predicted octanol–water partition coefficient (Wildman–Crippen LogP) is 3.00. The first-order valence-electron chi connectivity index (χ1n) is 7.54. The van der Waals surface area contributed by atoms with E-state index in [1.165, 1.54) is 0 Å². The summed E-state index contributed by atoms with van der Waals surface area (Å²) < 4.78 is 4.88. The Morgan fingerprint density at radius 1 is 1.26 bits per heavy atom. The molecule has 0 aliphatic carbocycles. The zero-order valence-electron chi connectivity index (χ0n) is 13.4. The van der Waals surface area contributed by atoms with Crippen molar-refractivity contribution in [2.24, 2.45) is 5.16 Å². The van der Waals surface area contributed by atoms with Crippen molar-refractivity contribution in [2.45, 2.75) is 26.7 Å². The molecule has 0 aromatic heterocycles. The lowest BCUT2D eigenvalue weighted by molar-refractivity contribution is -0.139. The van der Waals surface area contributed by atoms with Crippen molar-refractivity contribution in [1.29, 1.82) is 0 Å². The number of hydrogen-bond acceptors (Lipinski definition) is 4. The molecule has 6 nitrogen and oxygen atoms in total. The highest BCUT2D eigenvalue weighted by atomic mass is 16.6. The van der Waals surface area contributed by atoms with Crippen molar-refractivity contribution in [3.8, 4) is 0 Å². The third-order valence-electron chi connectivity index (χ3n) is 2.77. The Labute approximate surface area is 136 Å². The number of carbonyl (C=O) groups excluding carboxylic acids is 1. The maximum atomic E-state index is 11.9. The van der Waals surface area contributed by atoms with E-state index in [9.17, 15) is 4.79 Å². The SMILES string of the molecule is CC/C=C/CCO/N=C(/C(=[N+]=[N-])C(=O)OCC)c1ccccc1. The van der Waals surface area contributed by atoms with E-state index in [4.69, 9.17) is 15.1 Å². The van der Waals surface area contributed by atoms with Crippen LogP contribution in [0.2, 0.25) is 0 Å². The standard InChI is InChI=1S/C17H21N3O3/c1-3-5-6-10-13-23-20-15(14-11-8-7-9-12-14)16(19-18)17(21)22-4-2/h5-9,11-12H,3-4,10,13H2,1-2H3/b6-5+,20-15+. The number of nitrogens with zero attached hydrogens (tertiary/aromatic N) is 3. The van der Waals surface area contributed by atoms with Gasteiger partial charge in [-0.3, -0.25) is 0 Å². The molecular formula is C17H21N3O3. The molecule has 0 atom stereocenters. The van der Waals surface area contributed by atoms with Crippen molar-refractivity contribution in [1.82, 2.24) is 0 Å². The van der Waals surface area contributed by atoms with Crippen LogP contribution in [0.25, 0.3) is 5.53 Å². The predicted molar refractivity (Wildman–Crippen MR) is 88.2 cm³/mol. The number of ether oxygens (including phenoxy) is 1. The summed E-state index contributed by atoms with van der Waals surface area (Å²) in [4.78, 5) is 20.2. The van der Waals surface area contributed by atoms with Gasteiger partial charge in [-0.15, -0.1) is 0 Å². The Hall–Kier alpha value is -2.72. The molecule has 0 radical (unpaired) electrons. The van der Waals surface area contributed by atoms with Gasteiger partial charge in [-0.25, -0.2) is 4.79 Å². The van der Waals surface area contributed by atoms with Crippen LogP contribution < -0.4 is 0 Å². The van der Waals surface area contributed by atoms with Gasteiger partial charge in [-0.1, -0.05) is 54.6 Å². The van der Waals surface area contributed by atoms with E-state index >= 15 is 0 Å². The number of hydrogen-bond donors (Lipinski definition) is 0. The minimum absolute atomic E-state index is 0.131. The van der Waals surface area contributed by atoms with Crippen LogP contribution >= 0.6 is 0 Å². The van der Waals surface area contributed by atoms with Crippen molar-refractivity contribution in [3.63, 3.8) is 0 Å². The smallest absolute Gasteiger partial charge is 0.428 e. The second-order valence-corrected chi connectivity index (χ2v) is 4.48. The molecule has 0 bridgehead atoms. The summed E-state index contributed by atoms with van der Waals surface area (Å²) in [6, 6.07) is 8.88. The second-order valence-electron chi connectivity index (χ2n) is 4.48. The maximum Gasteiger partial charge on any atom is 0.428 e. The summed E-state index contributed by atoms with van der Waals surface area (Å²) in [6.45, 7) is 4.24. The van der Waals surface area contributed by atoms with Crippen LogP contribution in [-0.2, 0) is 14.4 Å². The highest BCUT2D eigenvalue weighted by Gasteiger charge is 2.30. The topological polar surface area (TPSA) is 84.3 Å². The molecular weight excluding hydrogens is 294 g/mol. The van der Waals surface area contributed by atoms with Crippen LogP contribution in [0.3, 0.4) is 0 Å². The van der Waals surface area contributed by atoms with Gasteiger partial charge < -0.3 is 15.1 Å². The number of carbonyl (C=O) groups is 1. The molecule has 0 aliphatic rings. The molecule has 122 valence electrons. The molecule has 6 heteroatoms. The molecule has 0 saturated heterocycles. The van der Waals surface area contributed by atoms with Gasteiger partial charge >= 0.3 is 11.7 Å². The van der Waals surface area contributed by atoms with Gasteiger partial charge in [0.15, 0.2) is 0 Å². The van der Waals surface area contributed by atoms with Gasteiger partial charge in [-0.2, -0.15) is 4.79 Å². The molecule has 0 N–H and O–H groups in total. The zero-order chi connectivity index (χ0) is 16.9. The van der Waals surface area contributed by atoms with E-state index < -0.39 is 5.97 Å². The lowest BCUT2D eigenvalue weighted by Crippen LogP contribution is -2.28. The average Bonchev–Trinajstić information content (AvgIpc) is 2.58. The Balaban J connectivity index is 2.96. The first-order chi connectivity index (χ1) is 11.2. The van der Waals surface area contributed by atoms with Gasteiger partial charge in [0.1, 0.15) is 6.61 Å². The van der Waals surface area contributed by atoms with Gasteiger partial charge in [0.2, 0.25) is 5.71 Å². The molecule has 0 saturated carbocycles. The fraction of sp³-hybridized carbons (Fsp3) is 0.353. The fourth-order valence-corrected chi connectivity index (χ4v) is 1.73. The molecule has 23 heavy (non-hydrogen) atoms. The van der Waals surface area contributed by atoms with Gasteiger partial charge in [0.25, 0.3) is 0 Å². The summed E-state index contributed by atoms with van der Waals surface area (Å²) in [5.41, 5.74) is 9.60. The first-order valence-corrected chi connectivity index (χ1v) is 7.54. The van der Waals surface area contributed by atoms with Crippen LogP contribution in [0.5, 0.6) is 0 Å². The highest BCUT2D eigenvalue weighted by molar-refractivity contribution is 6.67. The minimum atomic E-state index is -0.757. The van der Waals surface area contributed by atoms with E-state index in [2.05, 4.69) is 9.95 Å².